The molecule has 3 amide bonds. The van der Waals surface area contributed by atoms with Gasteiger partial charge < -0.3 is 0 Å². The quantitative estimate of drug-likeness (QED) is 0.681. The number of anilines is 1. The van der Waals surface area contributed by atoms with Crippen LogP contribution in [0.2, 0.25) is 0 Å². The second-order valence-corrected chi connectivity index (χ2v) is 5.32. The summed E-state index contributed by atoms with van der Waals surface area (Å²) in [6, 6.07) is 14.8. The van der Waals surface area contributed by atoms with Gasteiger partial charge in [-0.25, -0.2) is 4.79 Å². The van der Waals surface area contributed by atoms with E-state index in [2.05, 4.69) is 5.32 Å². The Labute approximate surface area is 129 Å². The van der Waals surface area contributed by atoms with Crippen LogP contribution in [-0.2, 0) is 4.79 Å². The summed E-state index contributed by atoms with van der Waals surface area (Å²) in [7, 11) is 0. The topological polar surface area (TPSA) is 49.4 Å². The molecule has 0 bridgehead atoms. The number of rotatable bonds is 2. The number of amides is 3. The van der Waals surface area contributed by atoms with E-state index in [9.17, 15) is 9.59 Å². The standard InChI is InChI=1S/C18H16N2O2/c1-12-8-9-15(13(2)10-12)20-16(17(21)19-18(20)22)11-14-6-4-3-5-7-14/h3-11H,1-2H3,(H,19,21,22)/b16-11+. The van der Waals surface area contributed by atoms with Crippen molar-refractivity contribution in [2.24, 2.45) is 0 Å². The van der Waals surface area contributed by atoms with Gasteiger partial charge in [0.15, 0.2) is 0 Å². The number of hydrogen-bond donors (Lipinski definition) is 1. The zero-order valence-electron chi connectivity index (χ0n) is 12.5. The largest absolute Gasteiger partial charge is 0.333 e. The fraction of sp³-hybridized carbons (Fsp3) is 0.111. The normalized spacial score (nSPS) is 16.3. The van der Waals surface area contributed by atoms with Crippen LogP contribution in [0.5, 0.6) is 0 Å². The Morgan fingerprint density at radius 3 is 2.41 bits per heavy atom. The van der Waals surface area contributed by atoms with Gasteiger partial charge in [0.2, 0.25) is 0 Å². The van der Waals surface area contributed by atoms with Gasteiger partial charge in [-0.1, -0.05) is 48.0 Å². The first-order valence-electron chi connectivity index (χ1n) is 7.06. The number of benzene rings is 2. The van der Waals surface area contributed by atoms with Gasteiger partial charge in [0.1, 0.15) is 5.70 Å². The first-order valence-corrected chi connectivity index (χ1v) is 7.06. The molecule has 0 atom stereocenters. The van der Waals surface area contributed by atoms with Crippen LogP contribution >= 0.6 is 0 Å². The van der Waals surface area contributed by atoms with Crippen molar-refractivity contribution in [3.05, 3.63) is 70.9 Å². The molecule has 22 heavy (non-hydrogen) atoms. The molecule has 0 unspecified atom stereocenters. The summed E-state index contributed by atoms with van der Waals surface area (Å²) in [5, 5.41) is 2.36. The Hall–Kier alpha value is -2.88. The van der Waals surface area contributed by atoms with E-state index in [1.165, 1.54) is 4.90 Å². The summed E-state index contributed by atoms with van der Waals surface area (Å²) in [6.07, 6.45) is 1.72. The van der Waals surface area contributed by atoms with Crippen molar-refractivity contribution in [2.75, 3.05) is 4.90 Å². The van der Waals surface area contributed by atoms with Crippen LogP contribution in [0.15, 0.2) is 54.2 Å². The van der Waals surface area contributed by atoms with Crippen molar-refractivity contribution in [3.8, 4) is 0 Å². The van der Waals surface area contributed by atoms with E-state index >= 15 is 0 Å². The SMILES string of the molecule is Cc1ccc(N2C(=O)NC(=O)/C2=C\c2ccccc2)c(C)c1. The molecule has 4 heteroatoms. The lowest BCUT2D eigenvalue weighted by Crippen LogP contribution is -2.27. The molecule has 1 aliphatic rings. The first-order chi connectivity index (χ1) is 10.6. The molecule has 0 radical (unpaired) electrons. The summed E-state index contributed by atoms with van der Waals surface area (Å²) in [5.41, 5.74) is 3.99. The number of carbonyl (C=O) groups is 2. The van der Waals surface area contributed by atoms with Gasteiger partial charge in [0, 0.05) is 0 Å². The zero-order chi connectivity index (χ0) is 15.7. The van der Waals surface area contributed by atoms with Gasteiger partial charge >= 0.3 is 6.03 Å². The van der Waals surface area contributed by atoms with Crippen LogP contribution < -0.4 is 10.2 Å². The molecule has 1 saturated heterocycles. The van der Waals surface area contributed by atoms with Crippen molar-refractivity contribution in [1.29, 1.82) is 0 Å². The summed E-state index contributed by atoms with van der Waals surface area (Å²) in [6.45, 7) is 3.92. The molecule has 0 spiro atoms. The van der Waals surface area contributed by atoms with Gasteiger partial charge in [-0.15, -0.1) is 0 Å². The smallest absolute Gasteiger partial charge is 0.272 e. The Morgan fingerprint density at radius 1 is 1.00 bits per heavy atom. The second kappa shape index (κ2) is 5.48. The van der Waals surface area contributed by atoms with Crippen LogP contribution in [0, 0.1) is 13.8 Å². The second-order valence-electron chi connectivity index (χ2n) is 5.32. The third-order valence-electron chi connectivity index (χ3n) is 3.59. The number of nitrogens with zero attached hydrogens (tertiary/aromatic N) is 1. The van der Waals surface area contributed by atoms with Gasteiger partial charge in [0.25, 0.3) is 5.91 Å². The molecular formula is C18H16N2O2. The fourth-order valence-corrected chi connectivity index (χ4v) is 2.56. The van der Waals surface area contributed by atoms with E-state index in [1.807, 2.05) is 62.4 Å². The summed E-state index contributed by atoms with van der Waals surface area (Å²) in [4.78, 5) is 25.7. The van der Waals surface area contributed by atoms with Gasteiger partial charge in [-0.2, -0.15) is 0 Å². The van der Waals surface area contributed by atoms with Crippen molar-refractivity contribution in [1.82, 2.24) is 5.32 Å². The van der Waals surface area contributed by atoms with Crippen molar-refractivity contribution in [3.63, 3.8) is 0 Å². The van der Waals surface area contributed by atoms with Crippen LogP contribution in [0.4, 0.5) is 10.5 Å². The van der Waals surface area contributed by atoms with Crippen molar-refractivity contribution < 1.29 is 9.59 Å². The predicted molar refractivity (Wildman–Crippen MR) is 86.4 cm³/mol. The highest BCUT2D eigenvalue weighted by atomic mass is 16.2. The maximum atomic E-state index is 12.2. The molecule has 0 saturated carbocycles. The van der Waals surface area contributed by atoms with Gasteiger partial charge in [-0.3, -0.25) is 15.0 Å². The van der Waals surface area contributed by atoms with Crippen LogP contribution in [0.1, 0.15) is 16.7 Å². The third-order valence-corrected chi connectivity index (χ3v) is 3.59. The van der Waals surface area contributed by atoms with E-state index in [0.29, 0.717) is 5.70 Å². The Kier molecular flexibility index (Phi) is 3.51. The highest BCUT2D eigenvalue weighted by Crippen LogP contribution is 2.28. The fourth-order valence-electron chi connectivity index (χ4n) is 2.56. The Bertz CT molecular complexity index is 779. The number of carbonyl (C=O) groups excluding carboxylic acids is 2. The maximum absolute atomic E-state index is 12.2. The molecule has 2 aromatic carbocycles. The number of urea groups is 1. The number of aryl methyl sites for hydroxylation is 2. The van der Waals surface area contributed by atoms with Crippen LogP contribution in [-0.4, -0.2) is 11.9 Å². The predicted octanol–water partition coefficient (Wildman–Crippen LogP) is 3.40. The third kappa shape index (κ3) is 2.51. The zero-order valence-corrected chi connectivity index (χ0v) is 12.5. The molecule has 0 aliphatic carbocycles. The molecule has 0 aromatic heterocycles. The van der Waals surface area contributed by atoms with E-state index in [-0.39, 0.29) is 5.91 Å². The average Bonchev–Trinajstić information content (AvgIpc) is 2.75. The van der Waals surface area contributed by atoms with E-state index in [4.69, 9.17) is 0 Å². The lowest BCUT2D eigenvalue weighted by Gasteiger charge is -2.18. The minimum absolute atomic E-state index is 0.336. The van der Waals surface area contributed by atoms with Gasteiger partial charge in [-0.05, 0) is 37.1 Å². The van der Waals surface area contributed by atoms with E-state index in [0.717, 1.165) is 22.4 Å². The van der Waals surface area contributed by atoms with Gasteiger partial charge in [0.05, 0.1) is 5.69 Å². The molecule has 4 nitrogen and oxygen atoms in total. The minimum Gasteiger partial charge on any atom is -0.272 e. The molecule has 110 valence electrons. The molecule has 3 rings (SSSR count). The van der Waals surface area contributed by atoms with E-state index in [1.54, 1.807) is 6.08 Å². The molecule has 1 fully saturated rings. The van der Waals surface area contributed by atoms with Crippen molar-refractivity contribution >= 4 is 23.7 Å². The highest BCUT2D eigenvalue weighted by Gasteiger charge is 2.34. The molecule has 1 heterocycles. The number of hydrogen-bond acceptors (Lipinski definition) is 2. The molecular weight excluding hydrogens is 276 g/mol. The highest BCUT2D eigenvalue weighted by molar-refractivity contribution is 6.23. The Balaban J connectivity index is 2.09. The average molecular weight is 292 g/mol. The minimum atomic E-state index is -0.417. The van der Waals surface area contributed by atoms with Crippen LogP contribution in [0.3, 0.4) is 0 Å². The summed E-state index contributed by atoms with van der Waals surface area (Å²) >= 11 is 0. The van der Waals surface area contributed by atoms with Crippen LogP contribution in [0.25, 0.3) is 6.08 Å². The van der Waals surface area contributed by atoms with E-state index < -0.39 is 6.03 Å². The number of imide groups is 1. The number of nitrogens with one attached hydrogen (secondary N) is 1. The molecule has 2 aromatic rings. The molecule has 1 aliphatic heterocycles. The first kappa shape index (κ1) is 14.1. The monoisotopic (exact) mass is 292 g/mol. The molecule has 1 N–H and O–H groups in total. The summed E-state index contributed by atoms with van der Waals surface area (Å²) < 4.78 is 0. The lowest BCUT2D eigenvalue weighted by atomic mass is 10.1. The lowest BCUT2D eigenvalue weighted by molar-refractivity contribution is -0.115. The maximum Gasteiger partial charge on any atom is 0.333 e. The Morgan fingerprint density at radius 2 is 1.73 bits per heavy atom. The van der Waals surface area contributed by atoms with Crippen molar-refractivity contribution in [2.45, 2.75) is 13.8 Å². The summed E-state index contributed by atoms with van der Waals surface area (Å²) in [5.74, 6) is -0.381.